The maximum atomic E-state index is 12.6. The van der Waals surface area contributed by atoms with Crippen molar-refractivity contribution >= 4 is 38.3 Å². The lowest BCUT2D eigenvalue weighted by molar-refractivity contribution is -0.112. The van der Waals surface area contributed by atoms with Gasteiger partial charge in [0.25, 0.3) is 5.91 Å². The van der Waals surface area contributed by atoms with Gasteiger partial charge in [-0.05, 0) is 48.7 Å². The van der Waals surface area contributed by atoms with Crippen molar-refractivity contribution in [2.24, 2.45) is 0 Å². The Hall–Kier alpha value is -3.75. The van der Waals surface area contributed by atoms with Crippen molar-refractivity contribution in [3.8, 4) is 17.6 Å². The number of nitrogens with zero attached hydrogens (tertiary/aromatic N) is 3. The monoisotopic (exact) mass is 512 g/mol. The number of carbonyl (C=O) groups excluding carboxylic acids is 1. The first-order valence-corrected chi connectivity index (χ1v) is 13.2. The van der Waals surface area contributed by atoms with E-state index in [1.807, 2.05) is 44.2 Å². The van der Waals surface area contributed by atoms with Gasteiger partial charge in [0.2, 0.25) is 19.3 Å². The minimum atomic E-state index is -3.54. The summed E-state index contributed by atoms with van der Waals surface area (Å²) in [4.78, 5) is 12.6. The summed E-state index contributed by atoms with van der Waals surface area (Å²) in [6.07, 6.45) is 1.40. The lowest BCUT2D eigenvalue weighted by Crippen LogP contribution is -2.13. The summed E-state index contributed by atoms with van der Waals surface area (Å²) >= 11 is 0.727. The summed E-state index contributed by atoms with van der Waals surface area (Å²) in [7, 11) is -3.54. The first-order chi connectivity index (χ1) is 16.8. The number of ether oxygens (including phenoxy) is 2. The van der Waals surface area contributed by atoms with E-state index in [1.165, 1.54) is 13.0 Å². The number of sulfone groups is 1. The Balaban J connectivity index is 1.78. The zero-order valence-corrected chi connectivity index (χ0v) is 21.1. The van der Waals surface area contributed by atoms with E-state index in [-0.39, 0.29) is 20.8 Å². The van der Waals surface area contributed by atoms with Crippen LogP contribution in [0, 0.1) is 18.3 Å². The van der Waals surface area contributed by atoms with E-state index >= 15 is 0 Å². The molecule has 1 aromatic heterocycles. The topological polar surface area (TPSA) is 131 Å². The van der Waals surface area contributed by atoms with Crippen molar-refractivity contribution < 1.29 is 22.7 Å². The van der Waals surface area contributed by atoms with Gasteiger partial charge in [-0.1, -0.05) is 48.6 Å². The quantitative estimate of drug-likeness (QED) is 0.243. The number of aromatic nitrogens is 2. The van der Waals surface area contributed by atoms with Crippen LogP contribution in [-0.2, 0) is 21.2 Å². The number of rotatable bonds is 10. The van der Waals surface area contributed by atoms with E-state index < -0.39 is 15.7 Å². The second kappa shape index (κ2) is 11.6. The first-order valence-electron chi connectivity index (χ1n) is 10.7. The largest absolute Gasteiger partial charge is 0.490 e. The summed E-state index contributed by atoms with van der Waals surface area (Å²) < 4.78 is 35.3. The number of hydrogen-bond donors (Lipinski definition) is 1. The van der Waals surface area contributed by atoms with Crippen LogP contribution in [0.4, 0.5) is 5.13 Å². The minimum absolute atomic E-state index is 0.0156. The Morgan fingerprint density at radius 3 is 2.60 bits per heavy atom. The molecule has 0 bridgehead atoms. The third-order valence-electron chi connectivity index (χ3n) is 4.86. The molecule has 1 heterocycles. The fraction of sp³-hybridized carbons (Fsp3) is 0.250. The van der Waals surface area contributed by atoms with Crippen LogP contribution in [0.3, 0.4) is 0 Å². The van der Waals surface area contributed by atoms with Crippen molar-refractivity contribution in [3.05, 3.63) is 64.7 Å². The maximum absolute atomic E-state index is 12.6. The number of nitrogens with one attached hydrogen (secondary N) is 1. The van der Waals surface area contributed by atoms with Crippen LogP contribution < -0.4 is 14.8 Å². The van der Waals surface area contributed by atoms with Crippen LogP contribution in [0.25, 0.3) is 6.08 Å². The summed E-state index contributed by atoms with van der Waals surface area (Å²) in [6.45, 7) is 6.11. The van der Waals surface area contributed by atoms with Crippen LogP contribution in [0.2, 0.25) is 0 Å². The third-order valence-corrected chi connectivity index (χ3v) is 7.88. The molecule has 0 spiro atoms. The van der Waals surface area contributed by atoms with Crippen molar-refractivity contribution in [2.45, 2.75) is 31.7 Å². The number of hydrogen-bond acceptors (Lipinski definition) is 9. The van der Waals surface area contributed by atoms with Gasteiger partial charge in [-0.25, -0.2) is 8.42 Å². The lowest BCUT2D eigenvalue weighted by Gasteiger charge is -2.14. The minimum Gasteiger partial charge on any atom is -0.490 e. The zero-order chi connectivity index (χ0) is 25.4. The van der Waals surface area contributed by atoms with Crippen LogP contribution in [-0.4, -0.2) is 36.9 Å². The molecule has 0 aliphatic carbocycles. The van der Waals surface area contributed by atoms with Gasteiger partial charge in [-0.15, -0.1) is 10.2 Å². The number of aryl methyl sites for hydroxylation is 1. The normalized spacial score (nSPS) is 11.5. The molecule has 3 aromatic rings. The molecule has 0 aliphatic heterocycles. The second-order valence-electron chi connectivity index (χ2n) is 7.25. The molecule has 2 aromatic carbocycles. The molecule has 0 aliphatic rings. The molecule has 11 heteroatoms. The van der Waals surface area contributed by atoms with Gasteiger partial charge in [0.15, 0.2) is 11.5 Å². The SMILES string of the molecule is CCOc1cc(/C=C(/C#N)C(=O)Nc2nnc(S(=O)(=O)CC)s2)ccc1OCc1ccccc1C. The van der Waals surface area contributed by atoms with E-state index in [1.54, 1.807) is 18.2 Å². The zero-order valence-electron chi connectivity index (χ0n) is 19.4. The molecule has 3 rings (SSSR count). The van der Waals surface area contributed by atoms with Gasteiger partial charge in [0, 0.05) is 0 Å². The van der Waals surface area contributed by atoms with E-state index in [2.05, 4.69) is 15.5 Å². The summed E-state index contributed by atoms with van der Waals surface area (Å²) in [6, 6.07) is 14.9. The van der Waals surface area contributed by atoms with E-state index in [0.717, 1.165) is 22.5 Å². The highest BCUT2D eigenvalue weighted by Crippen LogP contribution is 2.30. The molecule has 0 atom stereocenters. The van der Waals surface area contributed by atoms with Crippen LogP contribution in [0.15, 0.2) is 52.4 Å². The van der Waals surface area contributed by atoms with Crippen molar-refractivity contribution in [3.63, 3.8) is 0 Å². The van der Waals surface area contributed by atoms with Crippen molar-refractivity contribution in [1.82, 2.24) is 10.2 Å². The van der Waals surface area contributed by atoms with Crippen LogP contribution in [0.5, 0.6) is 11.5 Å². The maximum Gasteiger partial charge on any atom is 0.268 e. The van der Waals surface area contributed by atoms with Gasteiger partial charge < -0.3 is 9.47 Å². The molecule has 0 radical (unpaired) electrons. The average molecular weight is 513 g/mol. The number of benzene rings is 2. The fourth-order valence-electron chi connectivity index (χ4n) is 2.92. The van der Waals surface area contributed by atoms with Gasteiger partial charge in [-0.3, -0.25) is 10.1 Å². The predicted molar refractivity (Wildman–Crippen MR) is 133 cm³/mol. The molecule has 0 fully saturated rings. The number of nitriles is 1. The molecule has 182 valence electrons. The highest BCUT2D eigenvalue weighted by Gasteiger charge is 2.20. The molecule has 1 amide bonds. The fourth-order valence-corrected chi connectivity index (χ4v) is 4.90. The molecule has 1 N–H and O–H groups in total. The van der Waals surface area contributed by atoms with E-state index in [9.17, 15) is 18.5 Å². The molecule has 9 nitrogen and oxygen atoms in total. The first kappa shape index (κ1) is 25.9. The van der Waals surface area contributed by atoms with E-state index in [0.29, 0.717) is 30.3 Å². The Morgan fingerprint density at radius 2 is 1.91 bits per heavy atom. The molecule has 35 heavy (non-hydrogen) atoms. The van der Waals surface area contributed by atoms with E-state index in [4.69, 9.17) is 9.47 Å². The Bertz CT molecular complexity index is 1390. The van der Waals surface area contributed by atoms with Gasteiger partial charge in [0.1, 0.15) is 18.2 Å². The standard InChI is InChI=1S/C24H24N4O5S2/c1-4-32-21-13-17(10-11-20(21)33-15-18-9-7-6-8-16(18)3)12-19(14-25)22(29)26-23-27-28-24(34-23)35(30,31)5-2/h6-13H,4-5,15H2,1-3H3,(H,26,27,29)/b19-12-. The smallest absolute Gasteiger partial charge is 0.268 e. The molecule has 0 unspecified atom stereocenters. The Kier molecular flexibility index (Phi) is 8.57. The summed E-state index contributed by atoms with van der Waals surface area (Å²) in [5.74, 6) is 0.146. The number of anilines is 1. The van der Waals surface area contributed by atoms with Gasteiger partial charge in [0.05, 0.1) is 12.4 Å². The van der Waals surface area contributed by atoms with Crippen LogP contribution >= 0.6 is 11.3 Å². The highest BCUT2D eigenvalue weighted by atomic mass is 32.2. The van der Waals surface area contributed by atoms with Crippen molar-refractivity contribution in [2.75, 3.05) is 17.7 Å². The molecule has 0 saturated heterocycles. The summed E-state index contributed by atoms with van der Waals surface area (Å²) in [5.41, 5.74) is 2.52. The van der Waals surface area contributed by atoms with Gasteiger partial charge >= 0.3 is 0 Å². The second-order valence-corrected chi connectivity index (χ2v) is 10.7. The number of carbonyl (C=O) groups is 1. The third kappa shape index (κ3) is 6.65. The Labute approximate surface area is 208 Å². The molecular formula is C24H24N4O5S2. The highest BCUT2D eigenvalue weighted by molar-refractivity contribution is 7.93. The molecule has 0 saturated carbocycles. The average Bonchev–Trinajstić information content (AvgIpc) is 3.32. The Morgan fingerprint density at radius 1 is 1.14 bits per heavy atom. The molecular weight excluding hydrogens is 488 g/mol. The van der Waals surface area contributed by atoms with Gasteiger partial charge in [-0.2, -0.15) is 5.26 Å². The number of amides is 1. The van der Waals surface area contributed by atoms with Crippen LogP contribution in [0.1, 0.15) is 30.5 Å². The van der Waals surface area contributed by atoms with Crippen molar-refractivity contribution in [1.29, 1.82) is 5.26 Å². The lowest BCUT2D eigenvalue weighted by atomic mass is 10.1. The summed E-state index contributed by atoms with van der Waals surface area (Å²) in [5, 5.41) is 19.2. The predicted octanol–water partition coefficient (Wildman–Crippen LogP) is 4.16.